The third-order valence-electron chi connectivity index (χ3n) is 2.36. The van der Waals surface area contributed by atoms with Crippen LogP contribution in [0.5, 0.6) is 0 Å². The Kier molecular flexibility index (Phi) is 7.53. The normalized spacial score (nSPS) is 12.1. The summed E-state index contributed by atoms with van der Waals surface area (Å²) in [5.74, 6) is 0.882. The minimum absolute atomic E-state index is 0.0692. The van der Waals surface area contributed by atoms with Crippen molar-refractivity contribution < 1.29 is 0 Å². The van der Waals surface area contributed by atoms with Crippen LogP contribution in [-0.2, 0) is 0 Å². The first-order valence-electron chi connectivity index (χ1n) is 5.88. The molecule has 1 rings (SSSR count). The Labute approximate surface area is 123 Å². The van der Waals surface area contributed by atoms with E-state index in [0.717, 1.165) is 30.0 Å². The summed E-state index contributed by atoms with van der Waals surface area (Å²) in [5, 5.41) is 13.3. The molecule has 0 aromatic heterocycles. The maximum atomic E-state index is 8.97. The van der Waals surface area contributed by atoms with Crippen molar-refractivity contribution in [1.82, 2.24) is 5.32 Å². The fourth-order valence-electron chi connectivity index (χ4n) is 1.39. The number of halogens is 2. The minimum Gasteiger partial charge on any atom is -0.302 e. The van der Waals surface area contributed by atoms with E-state index in [1.54, 1.807) is 17.8 Å². The summed E-state index contributed by atoms with van der Waals surface area (Å²) in [5.41, 5.74) is 0. The molecule has 1 aromatic carbocycles. The summed E-state index contributed by atoms with van der Waals surface area (Å²) in [6.45, 7) is 2.97. The number of nitriles is 1. The maximum absolute atomic E-state index is 8.97. The average Bonchev–Trinajstić information content (AvgIpc) is 2.37. The number of thioether (sulfide) groups is 1. The van der Waals surface area contributed by atoms with E-state index in [1.807, 2.05) is 12.1 Å². The van der Waals surface area contributed by atoms with Crippen molar-refractivity contribution in [3.8, 4) is 6.07 Å². The van der Waals surface area contributed by atoms with Crippen LogP contribution in [-0.4, -0.2) is 18.3 Å². The van der Waals surface area contributed by atoms with Crippen molar-refractivity contribution in [3.05, 3.63) is 28.2 Å². The van der Waals surface area contributed by atoms with Crippen LogP contribution >= 0.6 is 35.0 Å². The van der Waals surface area contributed by atoms with Gasteiger partial charge in [-0.2, -0.15) is 5.26 Å². The molecule has 2 nitrogen and oxygen atoms in total. The van der Waals surface area contributed by atoms with Gasteiger partial charge >= 0.3 is 0 Å². The second kappa shape index (κ2) is 8.66. The lowest BCUT2D eigenvalue weighted by atomic mass is 10.2. The summed E-state index contributed by atoms with van der Waals surface area (Å²) < 4.78 is 0. The smallest absolute Gasteiger partial charge is 0.0961 e. The van der Waals surface area contributed by atoms with Gasteiger partial charge in [-0.05, 0) is 37.6 Å². The molecule has 0 saturated heterocycles. The van der Waals surface area contributed by atoms with Crippen LogP contribution in [0, 0.1) is 11.3 Å². The van der Waals surface area contributed by atoms with Crippen molar-refractivity contribution >= 4 is 35.0 Å². The van der Waals surface area contributed by atoms with Crippen LogP contribution in [0.4, 0.5) is 0 Å². The zero-order valence-corrected chi connectivity index (χ0v) is 12.6. The van der Waals surface area contributed by atoms with Gasteiger partial charge in [0.05, 0.1) is 22.2 Å². The quantitative estimate of drug-likeness (QED) is 0.760. The lowest BCUT2D eigenvalue weighted by Crippen LogP contribution is -2.28. The number of hydrogen-bond donors (Lipinski definition) is 1. The largest absolute Gasteiger partial charge is 0.302 e. The molecule has 1 aromatic rings. The van der Waals surface area contributed by atoms with E-state index < -0.39 is 0 Å². The van der Waals surface area contributed by atoms with Gasteiger partial charge in [-0.1, -0.05) is 30.1 Å². The number of nitrogens with zero attached hydrogens (tertiary/aromatic N) is 1. The molecule has 1 atom stereocenters. The standard InChI is InChI=1S/C13H16Cl2N2S/c1-2-6-17-10(9-16)5-7-18-11-3-4-12(14)13(15)8-11/h3-4,8,10,17H,2,5-7H2,1H3. The highest BCUT2D eigenvalue weighted by molar-refractivity contribution is 7.99. The van der Waals surface area contributed by atoms with Crippen molar-refractivity contribution in [1.29, 1.82) is 5.26 Å². The average molecular weight is 303 g/mol. The van der Waals surface area contributed by atoms with Crippen molar-refractivity contribution in [2.45, 2.75) is 30.7 Å². The first-order valence-corrected chi connectivity index (χ1v) is 7.62. The molecule has 0 heterocycles. The molecule has 0 aliphatic rings. The summed E-state index contributed by atoms with van der Waals surface area (Å²) in [7, 11) is 0. The number of nitrogens with one attached hydrogen (secondary N) is 1. The summed E-state index contributed by atoms with van der Waals surface area (Å²) >= 11 is 13.5. The Morgan fingerprint density at radius 3 is 2.78 bits per heavy atom. The van der Waals surface area contributed by atoms with E-state index in [9.17, 15) is 0 Å². The van der Waals surface area contributed by atoms with E-state index in [-0.39, 0.29) is 6.04 Å². The predicted octanol–water partition coefficient (Wildman–Crippen LogP) is 4.37. The van der Waals surface area contributed by atoms with Crippen molar-refractivity contribution in [2.24, 2.45) is 0 Å². The molecular weight excluding hydrogens is 287 g/mol. The van der Waals surface area contributed by atoms with Crippen LogP contribution < -0.4 is 5.32 Å². The Morgan fingerprint density at radius 1 is 1.39 bits per heavy atom. The lowest BCUT2D eigenvalue weighted by Gasteiger charge is -2.10. The van der Waals surface area contributed by atoms with Crippen LogP contribution in [0.3, 0.4) is 0 Å². The summed E-state index contributed by atoms with van der Waals surface area (Å²) in [6.07, 6.45) is 1.86. The topological polar surface area (TPSA) is 35.8 Å². The minimum atomic E-state index is -0.0692. The fraction of sp³-hybridized carbons (Fsp3) is 0.462. The maximum Gasteiger partial charge on any atom is 0.0961 e. The van der Waals surface area contributed by atoms with Crippen LogP contribution in [0.2, 0.25) is 10.0 Å². The van der Waals surface area contributed by atoms with Gasteiger partial charge < -0.3 is 5.32 Å². The highest BCUT2D eigenvalue weighted by Gasteiger charge is 2.06. The Morgan fingerprint density at radius 2 is 2.17 bits per heavy atom. The van der Waals surface area contributed by atoms with E-state index >= 15 is 0 Å². The summed E-state index contributed by atoms with van der Waals surface area (Å²) in [4.78, 5) is 1.08. The van der Waals surface area contributed by atoms with Gasteiger partial charge in [0.1, 0.15) is 0 Å². The monoisotopic (exact) mass is 302 g/mol. The molecule has 1 N–H and O–H groups in total. The predicted molar refractivity (Wildman–Crippen MR) is 79.5 cm³/mol. The SMILES string of the molecule is CCCNC(C#N)CCSc1ccc(Cl)c(Cl)c1. The molecule has 18 heavy (non-hydrogen) atoms. The van der Waals surface area contributed by atoms with Gasteiger partial charge in [0.25, 0.3) is 0 Å². The first-order chi connectivity index (χ1) is 8.67. The molecule has 0 bridgehead atoms. The van der Waals surface area contributed by atoms with Crippen LogP contribution in [0.15, 0.2) is 23.1 Å². The molecule has 0 fully saturated rings. The molecule has 0 amide bonds. The van der Waals surface area contributed by atoms with Crippen molar-refractivity contribution in [3.63, 3.8) is 0 Å². The fourth-order valence-corrected chi connectivity index (χ4v) is 2.71. The number of hydrogen-bond acceptors (Lipinski definition) is 3. The third-order valence-corrected chi connectivity index (χ3v) is 4.13. The number of rotatable bonds is 7. The van der Waals surface area contributed by atoms with Gasteiger partial charge in [-0.15, -0.1) is 11.8 Å². The second-order valence-electron chi connectivity index (χ2n) is 3.85. The highest BCUT2D eigenvalue weighted by Crippen LogP contribution is 2.28. The first kappa shape index (κ1) is 15.7. The molecule has 0 radical (unpaired) electrons. The Balaban J connectivity index is 2.36. The van der Waals surface area contributed by atoms with E-state index in [2.05, 4.69) is 18.3 Å². The molecule has 0 aliphatic heterocycles. The van der Waals surface area contributed by atoms with E-state index in [4.69, 9.17) is 28.5 Å². The van der Waals surface area contributed by atoms with Crippen LogP contribution in [0.25, 0.3) is 0 Å². The second-order valence-corrected chi connectivity index (χ2v) is 5.83. The molecule has 5 heteroatoms. The van der Waals surface area contributed by atoms with Gasteiger partial charge in [-0.25, -0.2) is 0 Å². The molecule has 1 unspecified atom stereocenters. The number of benzene rings is 1. The van der Waals surface area contributed by atoms with Gasteiger partial charge in [0, 0.05) is 10.6 Å². The molecule has 0 spiro atoms. The molecule has 0 saturated carbocycles. The van der Waals surface area contributed by atoms with Crippen molar-refractivity contribution in [2.75, 3.05) is 12.3 Å². The molecule has 98 valence electrons. The highest BCUT2D eigenvalue weighted by atomic mass is 35.5. The zero-order chi connectivity index (χ0) is 13.4. The third kappa shape index (κ3) is 5.49. The Bertz CT molecular complexity index is 418. The van der Waals surface area contributed by atoms with Gasteiger partial charge in [0.2, 0.25) is 0 Å². The molecular formula is C13H16Cl2N2S. The lowest BCUT2D eigenvalue weighted by molar-refractivity contribution is 0.585. The Hall–Kier alpha value is -0.400. The van der Waals surface area contributed by atoms with Crippen LogP contribution in [0.1, 0.15) is 19.8 Å². The van der Waals surface area contributed by atoms with E-state index in [0.29, 0.717) is 10.0 Å². The van der Waals surface area contributed by atoms with Gasteiger partial charge in [-0.3, -0.25) is 0 Å². The van der Waals surface area contributed by atoms with E-state index in [1.165, 1.54) is 0 Å². The summed E-state index contributed by atoms with van der Waals surface area (Å²) in [6, 6.07) is 7.80. The molecule has 0 aliphatic carbocycles. The van der Waals surface area contributed by atoms with Gasteiger partial charge in [0.15, 0.2) is 0 Å². The zero-order valence-electron chi connectivity index (χ0n) is 10.2.